The standard InChI is InChI=1S/C11H22BrNO2/c1-10(2)13(8-5-9-14)11(15)6-3-4-7-12/h10,14H,3-9H2,1-2H3. The van der Waals surface area contributed by atoms with Crippen LogP contribution in [-0.4, -0.2) is 40.4 Å². The summed E-state index contributed by atoms with van der Waals surface area (Å²) in [6.45, 7) is 4.85. The molecule has 0 aromatic heterocycles. The van der Waals surface area contributed by atoms with E-state index in [1.807, 2.05) is 18.7 Å². The van der Waals surface area contributed by atoms with Crippen LogP contribution in [0, 0.1) is 0 Å². The quantitative estimate of drug-likeness (QED) is 0.547. The van der Waals surface area contributed by atoms with Crippen molar-refractivity contribution >= 4 is 21.8 Å². The van der Waals surface area contributed by atoms with Crippen LogP contribution in [0.25, 0.3) is 0 Å². The van der Waals surface area contributed by atoms with Gasteiger partial charge >= 0.3 is 0 Å². The molecule has 0 saturated heterocycles. The second-order valence-corrected chi connectivity index (χ2v) is 4.70. The Balaban J connectivity index is 3.93. The van der Waals surface area contributed by atoms with E-state index in [-0.39, 0.29) is 18.6 Å². The summed E-state index contributed by atoms with van der Waals surface area (Å²) in [7, 11) is 0. The zero-order valence-corrected chi connectivity index (χ0v) is 11.3. The SMILES string of the molecule is CC(C)N(CCCO)C(=O)CCCCBr. The third kappa shape index (κ3) is 6.90. The van der Waals surface area contributed by atoms with Crippen LogP contribution in [0.4, 0.5) is 0 Å². The van der Waals surface area contributed by atoms with E-state index < -0.39 is 0 Å². The highest BCUT2D eigenvalue weighted by Crippen LogP contribution is 2.07. The van der Waals surface area contributed by atoms with Crippen LogP contribution < -0.4 is 0 Å². The summed E-state index contributed by atoms with van der Waals surface area (Å²) in [6, 6.07) is 0.230. The molecule has 1 amide bonds. The lowest BCUT2D eigenvalue weighted by Gasteiger charge is -2.26. The van der Waals surface area contributed by atoms with Crippen molar-refractivity contribution in [2.45, 2.75) is 45.6 Å². The molecule has 0 aliphatic heterocycles. The van der Waals surface area contributed by atoms with Gasteiger partial charge in [0.15, 0.2) is 0 Å². The Morgan fingerprint density at radius 3 is 2.47 bits per heavy atom. The molecule has 0 atom stereocenters. The molecule has 0 radical (unpaired) electrons. The van der Waals surface area contributed by atoms with Gasteiger partial charge in [-0.05, 0) is 33.1 Å². The molecule has 0 saturated carbocycles. The zero-order valence-electron chi connectivity index (χ0n) is 9.71. The number of halogens is 1. The van der Waals surface area contributed by atoms with E-state index in [9.17, 15) is 4.79 Å². The van der Waals surface area contributed by atoms with E-state index >= 15 is 0 Å². The van der Waals surface area contributed by atoms with Crippen LogP contribution in [0.5, 0.6) is 0 Å². The lowest BCUT2D eigenvalue weighted by atomic mass is 10.2. The van der Waals surface area contributed by atoms with Gasteiger partial charge in [0, 0.05) is 30.9 Å². The predicted octanol–water partition coefficient (Wildman–Crippen LogP) is 2.17. The largest absolute Gasteiger partial charge is 0.396 e. The molecule has 0 spiro atoms. The molecule has 0 unspecified atom stereocenters. The van der Waals surface area contributed by atoms with Crippen molar-refractivity contribution < 1.29 is 9.90 Å². The molecule has 3 nitrogen and oxygen atoms in total. The van der Waals surface area contributed by atoms with Crippen LogP contribution in [-0.2, 0) is 4.79 Å². The van der Waals surface area contributed by atoms with Gasteiger partial charge in [0.2, 0.25) is 5.91 Å². The summed E-state index contributed by atoms with van der Waals surface area (Å²) in [5.74, 6) is 0.208. The first-order valence-corrected chi connectivity index (χ1v) is 6.72. The van der Waals surface area contributed by atoms with Gasteiger partial charge in [-0.2, -0.15) is 0 Å². The molecule has 0 bridgehead atoms. The third-order valence-corrected chi connectivity index (χ3v) is 2.84. The minimum atomic E-state index is 0.151. The monoisotopic (exact) mass is 279 g/mol. The summed E-state index contributed by atoms with van der Waals surface area (Å²) in [5, 5.41) is 9.71. The Labute approximate surface area is 101 Å². The number of nitrogens with zero attached hydrogens (tertiary/aromatic N) is 1. The van der Waals surface area contributed by atoms with E-state index in [0.29, 0.717) is 19.4 Å². The van der Waals surface area contributed by atoms with Gasteiger partial charge in [-0.3, -0.25) is 4.79 Å². The molecule has 0 heterocycles. The summed E-state index contributed by atoms with van der Waals surface area (Å²) in [5.41, 5.74) is 0. The molecule has 0 rings (SSSR count). The van der Waals surface area contributed by atoms with Crippen molar-refractivity contribution in [1.29, 1.82) is 0 Å². The first-order valence-electron chi connectivity index (χ1n) is 5.59. The van der Waals surface area contributed by atoms with Gasteiger partial charge in [-0.25, -0.2) is 0 Å². The Kier molecular flexibility index (Phi) is 9.10. The fraction of sp³-hybridized carbons (Fsp3) is 0.909. The van der Waals surface area contributed by atoms with Crippen molar-refractivity contribution in [1.82, 2.24) is 4.90 Å². The Hall–Kier alpha value is -0.0900. The fourth-order valence-corrected chi connectivity index (χ4v) is 1.82. The average Bonchev–Trinajstić information content (AvgIpc) is 2.18. The Morgan fingerprint density at radius 1 is 1.33 bits per heavy atom. The number of aliphatic hydroxyl groups excluding tert-OH is 1. The number of unbranched alkanes of at least 4 members (excludes halogenated alkanes) is 1. The van der Waals surface area contributed by atoms with E-state index in [1.165, 1.54) is 0 Å². The number of amides is 1. The third-order valence-electron chi connectivity index (χ3n) is 2.28. The first kappa shape index (κ1) is 14.9. The second-order valence-electron chi connectivity index (χ2n) is 3.90. The van der Waals surface area contributed by atoms with Gasteiger partial charge in [0.05, 0.1) is 0 Å². The van der Waals surface area contributed by atoms with Crippen LogP contribution >= 0.6 is 15.9 Å². The molecule has 0 aliphatic rings. The van der Waals surface area contributed by atoms with Crippen molar-refractivity contribution in [2.24, 2.45) is 0 Å². The maximum absolute atomic E-state index is 11.8. The molecule has 90 valence electrons. The topological polar surface area (TPSA) is 40.5 Å². The number of carbonyl (C=O) groups is 1. The Morgan fingerprint density at radius 2 is 2.00 bits per heavy atom. The van der Waals surface area contributed by atoms with Crippen molar-refractivity contribution in [3.63, 3.8) is 0 Å². The number of aliphatic hydroxyl groups is 1. The van der Waals surface area contributed by atoms with Crippen LogP contribution in [0.1, 0.15) is 39.5 Å². The van der Waals surface area contributed by atoms with Crippen molar-refractivity contribution in [3.8, 4) is 0 Å². The number of hydrogen-bond donors (Lipinski definition) is 1. The minimum Gasteiger partial charge on any atom is -0.396 e. The van der Waals surface area contributed by atoms with E-state index in [2.05, 4.69) is 15.9 Å². The molecule has 0 fully saturated rings. The van der Waals surface area contributed by atoms with Gasteiger partial charge in [0.25, 0.3) is 0 Å². The highest BCUT2D eigenvalue weighted by atomic mass is 79.9. The number of hydrogen-bond acceptors (Lipinski definition) is 2. The van der Waals surface area contributed by atoms with Crippen molar-refractivity contribution in [3.05, 3.63) is 0 Å². The van der Waals surface area contributed by atoms with Gasteiger partial charge in [-0.1, -0.05) is 15.9 Å². The number of carbonyl (C=O) groups excluding carboxylic acids is 1. The van der Waals surface area contributed by atoms with E-state index in [1.54, 1.807) is 0 Å². The molecule has 0 aliphatic carbocycles. The minimum absolute atomic E-state index is 0.151. The molecule has 1 N–H and O–H groups in total. The lowest BCUT2D eigenvalue weighted by Crippen LogP contribution is -2.37. The average molecular weight is 280 g/mol. The van der Waals surface area contributed by atoms with Crippen molar-refractivity contribution in [2.75, 3.05) is 18.5 Å². The molecule has 0 aromatic rings. The highest BCUT2D eigenvalue weighted by molar-refractivity contribution is 9.09. The van der Waals surface area contributed by atoms with Crippen LogP contribution in [0.2, 0.25) is 0 Å². The maximum Gasteiger partial charge on any atom is 0.222 e. The summed E-state index contributed by atoms with van der Waals surface area (Å²) in [4.78, 5) is 13.6. The normalized spacial score (nSPS) is 10.7. The highest BCUT2D eigenvalue weighted by Gasteiger charge is 2.15. The summed E-state index contributed by atoms with van der Waals surface area (Å²) >= 11 is 3.35. The summed E-state index contributed by atoms with van der Waals surface area (Å²) < 4.78 is 0. The van der Waals surface area contributed by atoms with E-state index in [0.717, 1.165) is 18.2 Å². The molecule has 4 heteroatoms. The van der Waals surface area contributed by atoms with Gasteiger partial charge in [0.1, 0.15) is 0 Å². The fourth-order valence-electron chi connectivity index (χ4n) is 1.43. The van der Waals surface area contributed by atoms with Gasteiger partial charge in [-0.15, -0.1) is 0 Å². The smallest absolute Gasteiger partial charge is 0.222 e. The number of rotatable bonds is 8. The maximum atomic E-state index is 11.8. The molecular weight excluding hydrogens is 258 g/mol. The first-order chi connectivity index (χ1) is 7.13. The predicted molar refractivity (Wildman–Crippen MR) is 66.2 cm³/mol. The molecule has 0 aromatic carbocycles. The van der Waals surface area contributed by atoms with Crippen LogP contribution in [0.15, 0.2) is 0 Å². The zero-order chi connectivity index (χ0) is 11.7. The molecular formula is C11H22BrNO2. The second kappa shape index (κ2) is 9.16. The van der Waals surface area contributed by atoms with Gasteiger partial charge < -0.3 is 10.0 Å². The van der Waals surface area contributed by atoms with Crippen LogP contribution in [0.3, 0.4) is 0 Å². The Bertz CT molecular complexity index is 174. The number of alkyl halides is 1. The lowest BCUT2D eigenvalue weighted by molar-refractivity contribution is -0.133. The summed E-state index contributed by atoms with van der Waals surface area (Å²) in [6.07, 6.45) is 3.27. The molecule has 15 heavy (non-hydrogen) atoms. The van der Waals surface area contributed by atoms with E-state index in [4.69, 9.17) is 5.11 Å².